The molecule has 1 N–H and O–H groups in total. The van der Waals surface area contributed by atoms with Gasteiger partial charge in [-0.25, -0.2) is 23.1 Å². The Kier molecular flexibility index (Phi) is 5.53. The zero-order chi connectivity index (χ0) is 18.7. The lowest BCUT2D eigenvalue weighted by Crippen LogP contribution is -2.02. The number of methoxy groups -OCH3 is 1. The van der Waals surface area contributed by atoms with Crippen molar-refractivity contribution in [2.45, 2.75) is 6.61 Å². The summed E-state index contributed by atoms with van der Waals surface area (Å²) in [5.41, 5.74) is 1.13. The standard InChI is InChI=1S/C18H13BrF3N3O/c1-26-9-10-4-11(19)6-13(5-10)24-18-23-8-16(22)17(25-18)14-3-2-12(20)7-15(14)21/h2-8H,9H2,1H3,(H,23,24,25). The van der Waals surface area contributed by atoms with Crippen molar-refractivity contribution in [2.24, 2.45) is 0 Å². The molecule has 3 aromatic rings. The molecule has 26 heavy (non-hydrogen) atoms. The minimum Gasteiger partial charge on any atom is -0.380 e. The number of nitrogens with one attached hydrogen (secondary N) is 1. The van der Waals surface area contributed by atoms with E-state index in [1.54, 1.807) is 13.2 Å². The molecule has 1 aromatic heterocycles. The van der Waals surface area contributed by atoms with E-state index in [4.69, 9.17) is 4.74 Å². The van der Waals surface area contributed by atoms with Gasteiger partial charge in [0.05, 0.1) is 12.8 Å². The first kappa shape index (κ1) is 18.3. The summed E-state index contributed by atoms with van der Waals surface area (Å²) in [6.07, 6.45) is 0.932. The Morgan fingerprint density at radius 3 is 2.62 bits per heavy atom. The number of rotatable bonds is 5. The summed E-state index contributed by atoms with van der Waals surface area (Å²) in [7, 11) is 1.58. The Morgan fingerprint density at radius 2 is 1.88 bits per heavy atom. The number of hydrogen-bond donors (Lipinski definition) is 1. The van der Waals surface area contributed by atoms with Crippen LogP contribution in [0.5, 0.6) is 0 Å². The summed E-state index contributed by atoms with van der Waals surface area (Å²) in [5.74, 6) is -2.39. The average Bonchev–Trinajstić information content (AvgIpc) is 2.57. The van der Waals surface area contributed by atoms with E-state index in [9.17, 15) is 13.2 Å². The molecule has 0 radical (unpaired) electrons. The lowest BCUT2D eigenvalue weighted by Gasteiger charge is -2.10. The van der Waals surface area contributed by atoms with Gasteiger partial charge in [-0.2, -0.15) is 0 Å². The molecule has 0 bridgehead atoms. The molecule has 0 spiro atoms. The number of ether oxygens (including phenoxy) is 1. The molecular formula is C18H13BrF3N3O. The van der Waals surface area contributed by atoms with Crippen LogP contribution >= 0.6 is 15.9 Å². The molecule has 8 heteroatoms. The second kappa shape index (κ2) is 7.84. The molecule has 4 nitrogen and oxygen atoms in total. The topological polar surface area (TPSA) is 47.0 Å². The van der Waals surface area contributed by atoms with Gasteiger partial charge in [0.1, 0.15) is 17.3 Å². The number of nitrogens with zero attached hydrogens (tertiary/aromatic N) is 2. The largest absolute Gasteiger partial charge is 0.380 e. The van der Waals surface area contributed by atoms with E-state index in [2.05, 4.69) is 31.2 Å². The second-order valence-corrected chi connectivity index (χ2v) is 6.34. The molecule has 0 amide bonds. The van der Waals surface area contributed by atoms with Gasteiger partial charge in [-0.3, -0.25) is 0 Å². The molecule has 0 fully saturated rings. The highest BCUT2D eigenvalue weighted by Gasteiger charge is 2.15. The zero-order valence-electron chi connectivity index (χ0n) is 13.6. The Hall–Kier alpha value is -2.45. The quantitative estimate of drug-likeness (QED) is 0.611. The fraction of sp³-hybridized carbons (Fsp3) is 0.111. The molecule has 3 rings (SSSR count). The molecule has 2 aromatic carbocycles. The van der Waals surface area contributed by atoms with Gasteiger partial charge in [-0.1, -0.05) is 15.9 Å². The van der Waals surface area contributed by atoms with Crippen LogP contribution in [0.2, 0.25) is 0 Å². The molecule has 0 aliphatic rings. The predicted molar refractivity (Wildman–Crippen MR) is 95.5 cm³/mol. The Balaban J connectivity index is 1.95. The fourth-order valence-electron chi connectivity index (χ4n) is 2.40. The van der Waals surface area contributed by atoms with Crippen molar-refractivity contribution in [3.8, 4) is 11.3 Å². The lowest BCUT2D eigenvalue weighted by molar-refractivity contribution is 0.185. The van der Waals surface area contributed by atoms with Gasteiger partial charge in [-0.15, -0.1) is 0 Å². The van der Waals surface area contributed by atoms with Gasteiger partial charge in [0.15, 0.2) is 5.82 Å². The van der Waals surface area contributed by atoms with Crippen molar-refractivity contribution in [2.75, 3.05) is 12.4 Å². The van der Waals surface area contributed by atoms with Gasteiger partial charge in [-0.05, 0) is 35.9 Å². The molecular weight excluding hydrogens is 411 g/mol. The predicted octanol–water partition coefficient (Wildman–Crippen LogP) is 5.21. The van der Waals surface area contributed by atoms with E-state index in [-0.39, 0.29) is 17.2 Å². The average molecular weight is 424 g/mol. The monoisotopic (exact) mass is 423 g/mol. The van der Waals surface area contributed by atoms with Gasteiger partial charge >= 0.3 is 0 Å². The van der Waals surface area contributed by atoms with Crippen molar-refractivity contribution < 1.29 is 17.9 Å². The van der Waals surface area contributed by atoms with Crippen LogP contribution in [0.25, 0.3) is 11.3 Å². The normalized spacial score (nSPS) is 10.8. The molecule has 134 valence electrons. The zero-order valence-corrected chi connectivity index (χ0v) is 15.1. The molecule has 1 heterocycles. The summed E-state index contributed by atoms with van der Waals surface area (Å²) in [6.45, 7) is 0.407. The summed E-state index contributed by atoms with van der Waals surface area (Å²) in [4.78, 5) is 7.90. The fourth-order valence-corrected chi connectivity index (χ4v) is 2.94. The van der Waals surface area contributed by atoms with Gasteiger partial charge < -0.3 is 10.1 Å². The van der Waals surface area contributed by atoms with Crippen LogP contribution < -0.4 is 5.32 Å². The van der Waals surface area contributed by atoms with Crippen molar-refractivity contribution in [1.29, 1.82) is 0 Å². The number of halogens is 4. The highest BCUT2D eigenvalue weighted by Crippen LogP contribution is 2.27. The minimum atomic E-state index is -0.904. The van der Waals surface area contributed by atoms with Crippen molar-refractivity contribution in [3.63, 3.8) is 0 Å². The van der Waals surface area contributed by atoms with Crippen molar-refractivity contribution in [1.82, 2.24) is 9.97 Å². The third-order valence-corrected chi connectivity index (χ3v) is 3.91. The molecule has 0 saturated heterocycles. The summed E-state index contributed by atoms with van der Waals surface area (Å²) in [6, 6.07) is 8.34. The maximum absolute atomic E-state index is 14.1. The Labute approximate surface area is 156 Å². The van der Waals surface area contributed by atoms with E-state index in [0.717, 1.165) is 28.4 Å². The van der Waals surface area contributed by atoms with Crippen LogP contribution in [0.15, 0.2) is 47.1 Å². The summed E-state index contributed by atoms with van der Waals surface area (Å²) < 4.78 is 47.0. The first-order valence-electron chi connectivity index (χ1n) is 7.49. The number of aromatic nitrogens is 2. The number of benzene rings is 2. The van der Waals surface area contributed by atoms with Crippen molar-refractivity contribution >= 4 is 27.6 Å². The van der Waals surface area contributed by atoms with E-state index in [1.807, 2.05) is 12.1 Å². The van der Waals surface area contributed by atoms with E-state index in [0.29, 0.717) is 18.4 Å². The first-order valence-corrected chi connectivity index (χ1v) is 8.29. The molecule has 0 aliphatic heterocycles. The van der Waals surface area contributed by atoms with Crippen LogP contribution in [-0.4, -0.2) is 17.1 Å². The maximum Gasteiger partial charge on any atom is 0.227 e. The van der Waals surface area contributed by atoms with Crippen LogP contribution in [0.4, 0.5) is 24.8 Å². The third-order valence-electron chi connectivity index (χ3n) is 3.46. The maximum atomic E-state index is 14.1. The highest BCUT2D eigenvalue weighted by atomic mass is 79.9. The minimum absolute atomic E-state index is 0.0755. The first-order chi connectivity index (χ1) is 12.5. The molecule has 0 aliphatic carbocycles. The number of hydrogen-bond acceptors (Lipinski definition) is 4. The van der Waals surface area contributed by atoms with E-state index < -0.39 is 17.5 Å². The highest BCUT2D eigenvalue weighted by molar-refractivity contribution is 9.10. The Bertz CT molecular complexity index is 953. The van der Waals surface area contributed by atoms with Crippen LogP contribution in [0.3, 0.4) is 0 Å². The smallest absolute Gasteiger partial charge is 0.227 e. The van der Waals surface area contributed by atoms with Gasteiger partial charge in [0.25, 0.3) is 0 Å². The SMILES string of the molecule is COCc1cc(Br)cc(Nc2ncc(F)c(-c3ccc(F)cc3F)n2)c1. The van der Waals surface area contributed by atoms with Crippen LogP contribution in [-0.2, 0) is 11.3 Å². The van der Waals surface area contributed by atoms with Gasteiger partial charge in [0, 0.05) is 28.9 Å². The number of anilines is 2. The molecule has 0 unspecified atom stereocenters. The van der Waals surface area contributed by atoms with Crippen LogP contribution in [0, 0.1) is 17.5 Å². The van der Waals surface area contributed by atoms with E-state index in [1.165, 1.54) is 0 Å². The van der Waals surface area contributed by atoms with E-state index >= 15 is 0 Å². The molecule has 0 saturated carbocycles. The van der Waals surface area contributed by atoms with Gasteiger partial charge in [0.2, 0.25) is 5.95 Å². The van der Waals surface area contributed by atoms with Crippen LogP contribution in [0.1, 0.15) is 5.56 Å². The summed E-state index contributed by atoms with van der Waals surface area (Å²) in [5, 5.41) is 2.94. The molecule has 0 atom stereocenters. The third kappa shape index (κ3) is 4.20. The lowest BCUT2D eigenvalue weighted by atomic mass is 10.1. The van der Waals surface area contributed by atoms with Crippen molar-refractivity contribution in [3.05, 3.63) is 70.1 Å². The Morgan fingerprint density at radius 1 is 1.08 bits per heavy atom. The summed E-state index contributed by atoms with van der Waals surface area (Å²) >= 11 is 3.39. The second-order valence-electron chi connectivity index (χ2n) is 5.42.